The third-order valence-electron chi connectivity index (χ3n) is 7.46. The van der Waals surface area contributed by atoms with Crippen LogP contribution < -0.4 is 0 Å². The van der Waals surface area contributed by atoms with Crippen LogP contribution in [0.25, 0.3) is 5.57 Å². The predicted octanol–water partition coefficient (Wildman–Crippen LogP) is 5.41. The monoisotopic (exact) mass is 442 g/mol. The molecule has 2 fully saturated rings. The van der Waals surface area contributed by atoms with E-state index in [9.17, 15) is 13.7 Å². The third-order valence-corrected chi connectivity index (χ3v) is 9.45. The van der Waals surface area contributed by atoms with Crippen LogP contribution in [-0.4, -0.2) is 19.2 Å². The molecule has 1 aromatic rings. The first-order chi connectivity index (χ1) is 14.2. The Bertz CT molecular complexity index is 1100. The van der Waals surface area contributed by atoms with E-state index in [2.05, 4.69) is 25.1 Å². The quantitative estimate of drug-likeness (QED) is 0.450. The number of hydrogen-bond acceptors (Lipinski definition) is 6. The number of aryl methyl sites for hydroxylation is 1. The lowest BCUT2D eigenvalue weighted by atomic mass is 9.71. The fourth-order valence-electron chi connectivity index (χ4n) is 5.44. The number of benzene rings is 1. The molecule has 4 rings (SSSR count). The van der Waals surface area contributed by atoms with Crippen molar-refractivity contribution in [3.63, 3.8) is 0 Å². The summed E-state index contributed by atoms with van der Waals surface area (Å²) in [5, 5.41) is 15.9. The van der Waals surface area contributed by atoms with E-state index in [1.807, 2.05) is 31.2 Å². The van der Waals surface area contributed by atoms with E-state index in [0.29, 0.717) is 22.1 Å². The highest BCUT2D eigenvalue weighted by atomic mass is 32.2. The minimum atomic E-state index is -3.83. The molecule has 0 unspecified atom stereocenters. The summed E-state index contributed by atoms with van der Waals surface area (Å²) in [5.41, 5.74) is 2.61. The van der Waals surface area contributed by atoms with Gasteiger partial charge in [-0.2, -0.15) is 13.7 Å². The molecular weight excluding hydrogens is 416 g/mol. The van der Waals surface area contributed by atoms with E-state index >= 15 is 0 Å². The number of allylic oxidation sites excluding steroid dienone is 2. The Morgan fingerprint density at radius 2 is 2.00 bits per heavy atom. The van der Waals surface area contributed by atoms with Gasteiger partial charge < -0.3 is 0 Å². The van der Waals surface area contributed by atoms with Gasteiger partial charge in [0.05, 0.1) is 11.3 Å². The first-order valence-electron chi connectivity index (χ1n) is 10.2. The molecule has 1 aromatic carbocycles. The fraction of sp³-hybridized carbons (Fsp3) is 0.478. The first-order valence-corrected chi connectivity index (χ1v) is 12.7. The van der Waals surface area contributed by atoms with E-state index in [4.69, 9.17) is 4.28 Å². The summed E-state index contributed by atoms with van der Waals surface area (Å²) in [4.78, 5) is 0. The van der Waals surface area contributed by atoms with Gasteiger partial charge in [0.15, 0.2) is 0 Å². The van der Waals surface area contributed by atoms with Gasteiger partial charge in [-0.15, -0.1) is 0 Å². The Morgan fingerprint density at radius 3 is 2.60 bits per heavy atom. The fourth-order valence-corrected chi connectivity index (χ4v) is 7.77. The predicted molar refractivity (Wildman–Crippen MR) is 121 cm³/mol. The number of nitrogens with zero attached hydrogens (tertiary/aromatic N) is 2. The van der Waals surface area contributed by atoms with Crippen molar-refractivity contribution in [2.45, 2.75) is 46.5 Å². The first kappa shape index (κ1) is 21.2. The van der Waals surface area contributed by atoms with Gasteiger partial charge in [-0.25, -0.2) is 0 Å². The second kappa shape index (κ2) is 7.58. The molecule has 1 heterocycles. The second-order valence-corrected chi connectivity index (χ2v) is 11.5. The van der Waals surface area contributed by atoms with Gasteiger partial charge in [-0.3, -0.25) is 4.28 Å². The molecule has 0 spiro atoms. The lowest BCUT2D eigenvalue weighted by Gasteiger charge is -2.37. The number of rotatable bonds is 5. The highest BCUT2D eigenvalue weighted by Gasteiger charge is 2.60. The number of oxime groups is 1. The Labute approximate surface area is 183 Å². The molecule has 2 saturated carbocycles. The summed E-state index contributed by atoms with van der Waals surface area (Å²) in [6.07, 6.45) is 5.82. The molecule has 7 heteroatoms. The van der Waals surface area contributed by atoms with Crippen LogP contribution in [0.4, 0.5) is 0 Å². The summed E-state index contributed by atoms with van der Waals surface area (Å²) in [7, 11) is -3.83. The summed E-state index contributed by atoms with van der Waals surface area (Å²) in [6, 6.07) is 9.86. The van der Waals surface area contributed by atoms with Crippen LogP contribution in [0.2, 0.25) is 0 Å². The Kier molecular flexibility index (Phi) is 5.36. The normalized spacial score (nSPS) is 29.9. The van der Waals surface area contributed by atoms with Gasteiger partial charge in [0.25, 0.3) is 0 Å². The van der Waals surface area contributed by atoms with Crippen molar-refractivity contribution in [1.29, 1.82) is 5.26 Å². The topological polar surface area (TPSA) is 79.5 Å². The van der Waals surface area contributed by atoms with Crippen molar-refractivity contribution in [2.75, 3.05) is 5.75 Å². The Morgan fingerprint density at radius 1 is 1.30 bits per heavy atom. The Hall–Kier alpha value is -2.04. The van der Waals surface area contributed by atoms with Crippen molar-refractivity contribution in [1.82, 2.24) is 0 Å². The number of thioether (sulfide) groups is 1. The number of fused-ring (bicyclic) bond motifs is 2. The summed E-state index contributed by atoms with van der Waals surface area (Å²) >= 11 is 1.26. The van der Waals surface area contributed by atoms with Crippen LogP contribution in [0, 0.1) is 35.0 Å². The molecule has 0 N–H and O–H groups in total. The highest BCUT2D eigenvalue weighted by Crippen LogP contribution is 2.66. The van der Waals surface area contributed by atoms with Crippen LogP contribution in [-0.2, 0) is 14.4 Å². The minimum absolute atomic E-state index is 0.000321. The van der Waals surface area contributed by atoms with E-state index in [-0.39, 0.29) is 16.6 Å². The van der Waals surface area contributed by atoms with Gasteiger partial charge in [0.1, 0.15) is 11.1 Å². The molecule has 5 nitrogen and oxygen atoms in total. The van der Waals surface area contributed by atoms with E-state index in [1.54, 1.807) is 11.5 Å². The zero-order valence-corrected chi connectivity index (χ0v) is 19.1. The zero-order chi connectivity index (χ0) is 21.6. The van der Waals surface area contributed by atoms with Crippen molar-refractivity contribution >= 4 is 32.5 Å². The van der Waals surface area contributed by atoms with Gasteiger partial charge in [-0.1, -0.05) is 55.0 Å². The molecule has 158 valence electrons. The average Bonchev–Trinajstić information content (AvgIpc) is 3.32. The molecule has 0 radical (unpaired) electrons. The largest absolute Gasteiger partial charge is 0.329 e. The van der Waals surface area contributed by atoms with Crippen LogP contribution in [0.3, 0.4) is 0 Å². The van der Waals surface area contributed by atoms with E-state index < -0.39 is 10.1 Å². The van der Waals surface area contributed by atoms with Crippen molar-refractivity contribution in [3.05, 3.63) is 52.4 Å². The van der Waals surface area contributed by atoms with Gasteiger partial charge >= 0.3 is 10.1 Å². The number of nitriles is 1. The average molecular weight is 443 g/mol. The molecule has 30 heavy (non-hydrogen) atoms. The van der Waals surface area contributed by atoms with Gasteiger partial charge in [0.2, 0.25) is 0 Å². The molecule has 0 saturated heterocycles. The summed E-state index contributed by atoms with van der Waals surface area (Å²) in [6.45, 7) is 6.32. The Balaban J connectivity index is 1.59. The third kappa shape index (κ3) is 3.50. The van der Waals surface area contributed by atoms with Crippen LogP contribution in [0.15, 0.2) is 46.5 Å². The zero-order valence-electron chi connectivity index (χ0n) is 17.5. The van der Waals surface area contributed by atoms with Crippen LogP contribution in [0.5, 0.6) is 0 Å². The minimum Gasteiger partial charge on any atom is -0.267 e. The molecule has 3 aliphatic rings. The molecule has 1 aliphatic heterocycles. The molecule has 0 atom stereocenters. The molecule has 0 amide bonds. The van der Waals surface area contributed by atoms with Crippen molar-refractivity contribution in [2.24, 2.45) is 21.9 Å². The maximum Gasteiger partial charge on any atom is 0.329 e. The van der Waals surface area contributed by atoms with Gasteiger partial charge in [-0.05, 0) is 72.0 Å². The number of hydrogen-bond donors (Lipinski definition) is 0. The highest BCUT2D eigenvalue weighted by molar-refractivity contribution is 8.17. The maximum absolute atomic E-state index is 12.8. The molecule has 0 aromatic heterocycles. The van der Waals surface area contributed by atoms with E-state index in [1.165, 1.54) is 11.8 Å². The van der Waals surface area contributed by atoms with Crippen molar-refractivity contribution < 1.29 is 12.7 Å². The van der Waals surface area contributed by atoms with Crippen LogP contribution in [0.1, 0.15) is 50.7 Å². The van der Waals surface area contributed by atoms with Crippen molar-refractivity contribution in [3.8, 4) is 6.07 Å². The lowest BCUT2D eigenvalue weighted by molar-refractivity contribution is 0.150. The van der Waals surface area contributed by atoms with Crippen LogP contribution >= 0.6 is 11.8 Å². The maximum atomic E-state index is 12.8. The van der Waals surface area contributed by atoms with Gasteiger partial charge in [0, 0.05) is 5.57 Å². The molecule has 2 aliphatic carbocycles. The molecule has 2 bridgehead atoms. The smallest absolute Gasteiger partial charge is 0.267 e. The summed E-state index contributed by atoms with van der Waals surface area (Å²) in [5.74, 6) is 0.593. The lowest BCUT2D eigenvalue weighted by Crippen LogP contribution is -2.37. The van der Waals surface area contributed by atoms with E-state index in [0.717, 1.165) is 36.8 Å². The SMILES string of the molecule is Cc1ccccc1C(C#N)=C1C=CSC1=NOS(=O)(=O)CC12CCC(CC1)C2(C)C. The standard InChI is InChI=1S/C23H26N2O3S2/c1-16-6-4-5-7-18(16)20(14-24)19-10-13-29-21(19)25-28-30(26,27)15-23-11-8-17(9-12-23)22(23,2)3/h4-7,10,13,17H,8-9,11-12,15H2,1-3H3. The summed E-state index contributed by atoms with van der Waals surface area (Å²) < 4.78 is 30.8. The molecular formula is C23H26N2O3S2. The second-order valence-electron chi connectivity index (χ2n) is 9.09.